The first kappa shape index (κ1) is 14.0. The van der Waals surface area contributed by atoms with Crippen molar-refractivity contribution in [2.75, 3.05) is 0 Å². The third-order valence-corrected chi connectivity index (χ3v) is 4.26. The molecule has 0 fully saturated rings. The number of hydrogen-bond donors (Lipinski definition) is 1. The summed E-state index contributed by atoms with van der Waals surface area (Å²) in [6.45, 7) is 2.07. The highest BCUT2D eigenvalue weighted by Crippen LogP contribution is 2.27. The zero-order chi connectivity index (χ0) is 13.1. The monoisotopic (exact) mass is 416 g/mol. The van der Waals surface area contributed by atoms with Crippen molar-refractivity contribution in [3.05, 3.63) is 67.2 Å². The molecule has 0 aromatic heterocycles. The highest BCUT2D eigenvalue weighted by atomic mass is 127. The highest BCUT2D eigenvalue weighted by molar-refractivity contribution is 14.1. The molecule has 0 aliphatic carbocycles. The van der Waals surface area contributed by atoms with E-state index in [4.69, 9.17) is 0 Å². The predicted molar refractivity (Wildman–Crippen MR) is 86.7 cm³/mol. The Labute approximate surface area is 130 Å². The van der Waals surface area contributed by atoms with Gasteiger partial charge in [0, 0.05) is 14.5 Å². The summed E-state index contributed by atoms with van der Waals surface area (Å²) in [7, 11) is 0. The number of halogens is 2. The van der Waals surface area contributed by atoms with Gasteiger partial charge in [-0.25, -0.2) is 0 Å². The van der Waals surface area contributed by atoms with E-state index >= 15 is 0 Å². The lowest BCUT2D eigenvalue weighted by Crippen LogP contribution is -2.03. The van der Waals surface area contributed by atoms with Crippen LogP contribution in [0.2, 0.25) is 0 Å². The van der Waals surface area contributed by atoms with Crippen LogP contribution in [0.15, 0.2) is 46.9 Å². The van der Waals surface area contributed by atoms with Crippen molar-refractivity contribution >= 4 is 38.5 Å². The summed E-state index contributed by atoms with van der Waals surface area (Å²) in [5, 5.41) is 10.3. The molecule has 1 N–H and O–H groups in total. The maximum atomic E-state index is 10.3. The lowest BCUT2D eigenvalue weighted by Gasteiger charge is -2.13. The zero-order valence-corrected chi connectivity index (χ0v) is 13.8. The molecular formula is C15H14BrIO. The van der Waals surface area contributed by atoms with Crippen molar-refractivity contribution in [1.82, 2.24) is 0 Å². The molecular weight excluding hydrogens is 403 g/mol. The minimum atomic E-state index is -0.475. The lowest BCUT2D eigenvalue weighted by atomic mass is 10.0. The van der Waals surface area contributed by atoms with Gasteiger partial charge in [0.25, 0.3) is 0 Å². The maximum Gasteiger partial charge on any atom is 0.0841 e. The molecule has 0 saturated carbocycles. The van der Waals surface area contributed by atoms with E-state index in [1.165, 1.54) is 5.56 Å². The molecule has 94 valence electrons. The van der Waals surface area contributed by atoms with Gasteiger partial charge in [-0.15, -0.1) is 0 Å². The van der Waals surface area contributed by atoms with Crippen molar-refractivity contribution in [3.63, 3.8) is 0 Å². The standard InChI is InChI=1S/C15H14BrIO/c1-10-2-4-11(5-3-10)8-15(18)13-9-12(17)6-7-14(13)16/h2-7,9,15,18H,8H2,1H3. The van der Waals surface area contributed by atoms with E-state index in [0.29, 0.717) is 6.42 Å². The summed E-state index contributed by atoms with van der Waals surface area (Å²) in [6, 6.07) is 14.3. The fourth-order valence-electron chi connectivity index (χ4n) is 1.83. The Morgan fingerprint density at radius 3 is 2.50 bits per heavy atom. The maximum absolute atomic E-state index is 10.3. The summed E-state index contributed by atoms with van der Waals surface area (Å²) in [6.07, 6.45) is 0.163. The van der Waals surface area contributed by atoms with Gasteiger partial charge in [-0.2, -0.15) is 0 Å². The fraction of sp³-hybridized carbons (Fsp3) is 0.200. The zero-order valence-electron chi connectivity index (χ0n) is 10.0. The first-order valence-corrected chi connectivity index (χ1v) is 7.62. The van der Waals surface area contributed by atoms with E-state index in [-0.39, 0.29) is 0 Å². The van der Waals surface area contributed by atoms with Gasteiger partial charge in [0.05, 0.1) is 6.10 Å². The van der Waals surface area contributed by atoms with Crippen LogP contribution in [0.25, 0.3) is 0 Å². The van der Waals surface area contributed by atoms with Crippen LogP contribution in [0.1, 0.15) is 22.8 Å². The molecule has 1 nitrogen and oxygen atoms in total. The van der Waals surface area contributed by atoms with Gasteiger partial charge < -0.3 is 5.11 Å². The number of aliphatic hydroxyl groups is 1. The fourth-order valence-corrected chi connectivity index (χ4v) is 2.85. The average molecular weight is 417 g/mol. The first-order chi connectivity index (χ1) is 8.56. The lowest BCUT2D eigenvalue weighted by molar-refractivity contribution is 0.177. The topological polar surface area (TPSA) is 20.2 Å². The summed E-state index contributed by atoms with van der Waals surface area (Å²) < 4.78 is 2.09. The molecule has 0 aliphatic rings. The average Bonchev–Trinajstić information content (AvgIpc) is 2.35. The Bertz CT molecular complexity index is 537. The summed E-state index contributed by atoms with van der Waals surface area (Å²) >= 11 is 5.75. The summed E-state index contributed by atoms with van der Waals surface area (Å²) in [5.41, 5.74) is 3.34. The Hall–Kier alpha value is -0.390. The molecule has 0 heterocycles. The van der Waals surface area contributed by atoms with Gasteiger partial charge in [0.2, 0.25) is 0 Å². The molecule has 0 amide bonds. The van der Waals surface area contributed by atoms with Gasteiger partial charge in [0.15, 0.2) is 0 Å². The molecule has 1 atom stereocenters. The normalized spacial score (nSPS) is 12.4. The van der Waals surface area contributed by atoms with Crippen LogP contribution in [-0.4, -0.2) is 5.11 Å². The SMILES string of the molecule is Cc1ccc(CC(O)c2cc(I)ccc2Br)cc1. The van der Waals surface area contributed by atoms with Gasteiger partial charge in [-0.3, -0.25) is 0 Å². The van der Waals surface area contributed by atoms with Gasteiger partial charge in [0.1, 0.15) is 0 Å². The van der Waals surface area contributed by atoms with Crippen molar-refractivity contribution in [1.29, 1.82) is 0 Å². The van der Waals surface area contributed by atoms with E-state index in [1.54, 1.807) is 0 Å². The van der Waals surface area contributed by atoms with Crippen LogP contribution >= 0.6 is 38.5 Å². The van der Waals surface area contributed by atoms with E-state index < -0.39 is 6.10 Å². The molecule has 18 heavy (non-hydrogen) atoms. The molecule has 3 heteroatoms. The van der Waals surface area contributed by atoms with Crippen molar-refractivity contribution < 1.29 is 5.11 Å². The van der Waals surface area contributed by atoms with Gasteiger partial charge >= 0.3 is 0 Å². The summed E-state index contributed by atoms with van der Waals surface area (Å²) in [5.74, 6) is 0. The first-order valence-electron chi connectivity index (χ1n) is 5.75. The van der Waals surface area contributed by atoms with E-state index in [9.17, 15) is 5.11 Å². The second-order valence-electron chi connectivity index (χ2n) is 4.37. The van der Waals surface area contributed by atoms with Crippen molar-refractivity contribution in [2.24, 2.45) is 0 Å². The minimum absolute atomic E-state index is 0.475. The van der Waals surface area contributed by atoms with Gasteiger partial charge in [-0.1, -0.05) is 45.8 Å². The molecule has 2 aromatic rings. The number of rotatable bonds is 3. The van der Waals surface area contributed by atoms with Crippen LogP contribution in [0.3, 0.4) is 0 Å². The van der Waals surface area contributed by atoms with Crippen molar-refractivity contribution in [2.45, 2.75) is 19.4 Å². The minimum Gasteiger partial charge on any atom is -0.388 e. The van der Waals surface area contributed by atoms with Crippen LogP contribution < -0.4 is 0 Å². The van der Waals surface area contributed by atoms with Crippen molar-refractivity contribution in [3.8, 4) is 0 Å². The third kappa shape index (κ3) is 3.56. The number of benzene rings is 2. The number of aliphatic hydroxyl groups excluding tert-OH is 1. The molecule has 0 bridgehead atoms. The Morgan fingerprint density at radius 2 is 1.83 bits per heavy atom. The quantitative estimate of drug-likeness (QED) is 0.722. The molecule has 0 saturated heterocycles. The predicted octanol–water partition coefficient (Wildman–Crippen LogP) is 4.64. The molecule has 2 aromatic carbocycles. The molecule has 0 spiro atoms. The molecule has 2 rings (SSSR count). The van der Waals surface area contributed by atoms with E-state index in [2.05, 4.69) is 69.7 Å². The second-order valence-corrected chi connectivity index (χ2v) is 6.47. The van der Waals surface area contributed by atoms with Gasteiger partial charge in [-0.05, 0) is 58.8 Å². The smallest absolute Gasteiger partial charge is 0.0841 e. The van der Waals surface area contributed by atoms with Crippen LogP contribution in [-0.2, 0) is 6.42 Å². The van der Waals surface area contributed by atoms with E-state index in [0.717, 1.165) is 19.2 Å². The molecule has 1 unspecified atom stereocenters. The van der Waals surface area contributed by atoms with Crippen LogP contribution in [0, 0.1) is 10.5 Å². The Morgan fingerprint density at radius 1 is 1.17 bits per heavy atom. The highest BCUT2D eigenvalue weighted by Gasteiger charge is 2.12. The third-order valence-electron chi connectivity index (χ3n) is 2.87. The second kappa shape index (κ2) is 6.17. The Kier molecular flexibility index (Phi) is 4.81. The van der Waals surface area contributed by atoms with Crippen LogP contribution in [0.4, 0.5) is 0 Å². The molecule has 0 radical (unpaired) electrons. The Balaban J connectivity index is 2.18. The summed E-state index contributed by atoms with van der Waals surface area (Å²) in [4.78, 5) is 0. The number of hydrogen-bond acceptors (Lipinski definition) is 1. The molecule has 0 aliphatic heterocycles. The van der Waals surface area contributed by atoms with E-state index in [1.807, 2.05) is 18.2 Å². The largest absolute Gasteiger partial charge is 0.388 e. The van der Waals surface area contributed by atoms with Crippen LogP contribution in [0.5, 0.6) is 0 Å². The number of aryl methyl sites for hydroxylation is 1.